The zero-order valence-electron chi connectivity index (χ0n) is 15.5. The highest BCUT2D eigenvalue weighted by atomic mass is 16.5. The molecule has 0 unspecified atom stereocenters. The third kappa shape index (κ3) is 3.20. The molecule has 1 fully saturated rings. The van der Waals surface area contributed by atoms with Gasteiger partial charge in [0.2, 0.25) is 5.95 Å². The predicted octanol–water partition coefficient (Wildman–Crippen LogP) is 2.99. The Balaban J connectivity index is 1.84. The van der Waals surface area contributed by atoms with Crippen LogP contribution in [-0.2, 0) is 0 Å². The lowest BCUT2D eigenvalue weighted by atomic mass is 10.0. The molecule has 0 aliphatic carbocycles. The average molecular weight is 366 g/mol. The maximum absolute atomic E-state index is 12.9. The highest BCUT2D eigenvalue weighted by Crippen LogP contribution is 2.34. The van der Waals surface area contributed by atoms with E-state index in [0.29, 0.717) is 28.5 Å². The highest BCUT2D eigenvalue weighted by molar-refractivity contribution is 5.92. The van der Waals surface area contributed by atoms with Crippen molar-refractivity contribution >= 4 is 17.0 Å². The number of nitrogens with zero attached hydrogens (tertiary/aromatic N) is 3. The molecule has 3 aromatic rings. The van der Waals surface area contributed by atoms with E-state index >= 15 is 0 Å². The molecule has 0 radical (unpaired) electrons. The number of hydrogen-bond donors (Lipinski definition) is 1. The Morgan fingerprint density at radius 2 is 1.81 bits per heavy atom. The molecule has 0 atom stereocenters. The van der Waals surface area contributed by atoms with Crippen LogP contribution in [0.25, 0.3) is 22.2 Å². The van der Waals surface area contributed by atoms with E-state index in [4.69, 9.17) is 9.47 Å². The number of ether oxygens (including phenoxy) is 2. The van der Waals surface area contributed by atoms with E-state index < -0.39 is 0 Å². The molecule has 1 aliphatic heterocycles. The number of piperidine rings is 1. The van der Waals surface area contributed by atoms with Crippen molar-refractivity contribution in [3.63, 3.8) is 0 Å². The molecule has 140 valence electrons. The normalized spacial score (nSPS) is 14.4. The van der Waals surface area contributed by atoms with E-state index in [0.717, 1.165) is 37.1 Å². The maximum atomic E-state index is 12.9. The molecule has 0 spiro atoms. The van der Waals surface area contributed by atoms with Crippen molar-refractivity contribution in [2.24, 2.45) is 0 Å². The quantitative estimate of drug-likeness (QED) is 0.765. The fourth-order valence-corrected chi connectivity index (χ4v) is 3.55. The summed E-state index contributed by atoms with van der Waals surface area (Å²) in [5.74, 6) is 1.84. The van der Waals surface area contributed by atoms with E-state index in [2.05, 4.69) is 19.9 Å². The van der Waals surface area contributed by atoms with Gasteiger partial charge in [0.05, 0.1) is 19.6 Å². The number of fused-ring (bicyclic) bond motifs is 1. The second kappa shape index (κ2) is 7.26. The minimum absolute atomic E-state index is 0.182. The molecular weight excluding hydrogens is 344 g/mol. The van der Waals surface area contributed by atoms with Crippen molar-refractivity contribution in [2.45, 2.75) is 19.3 Å². The molecule has 27 heavy (non-hydrogen) atoms. The standard InChI is InChI=1S/C20H22N4O3/c1-26-15-7-6-13(12-16(15)27-2)14-8-9-21-18-17(14)19(25)23-20(22-18)24-10-4-3-5-11-24/h6-9,12H,3-5,10-11H2,1-2H3,(H,21,22,23,25). The molecule has 0 amide bonds. The molecule has 0 saturated carbocycles. The number of hydrogen-bond acceptors (Lipinski definition) is 6. The summed E-state index contributed by atoms with van der Waals surface area (Å²) in [5, 5.41) is 0.477. The first-order valence-electron chi connectivity index (χ1n) is 9.07. The molecule has 2 aromatic heterocycles. The SMILES string of the molecule is COc1ccc(-c2ccnc3nc(N4CCCCC4)[nH]c(=O)c23)cc1OC. The number of anilines is 1. The van der Waals surface area contributed by atoms with Crippen LogP contribution in [0.5, 0.6) is 11.5 Å². The molecule has 0 bridgehead atoms. The lowest BCUT2D eigenvalue weighted by Crippen LogP contribution is -2.32. The van der Waals surface area contributed by atoms with Gasteiger partial charge in [-0.1, -0.05) is 6.07 Å². The topological polar surface area (TPSA) is 80.3 Å². The maximum Gasteiger partial charge on any atom is 0.262 e. The number of rotatable bonds is 4. The van der Waals surface area contributed by atoms with Gasteiger partial charge in [0, 0.05) is 19.3 Å². The number of pyridine rings is 1. The van der Waals surface area contributed by atoms with E-state index in [1.165, 1.54) is 6.42 Å². The van der Waals surface area contributed by atoms with Gasteiger partial charge in [0.15, 0.2) is 17.1 Å². The van der Waals surface area contributed by atoms with Crippen LogP contribution in [-0.4, -0.2) is 42.3 Å². The van der Waals surface area contributed by atoms with Crippen molar-refractivity contribution in [1.82, 2.24) is 15.0 Å². The summed E-state index contributed by atoms with van der Waals surface area (Å²) >= 11 is 0. The van der Waals surface area contributed by atoms with Crippen LogP contribution in [0, 0.1) is 0 Å². The van der Waals surface area contributed by atoms with E-state index in [1.807, 2.05) is 24.3 Å². The molecular formula is C20H22N4O3. The smallest absolute Gasteiger partial charge is 0.262 e. The first kappa shape index (κ1) is 17.3. The number of aromatic amines is 1. The van der Waals surface area contributed by atoms with Crippen molar-refractivity contribution in [2.75, 3.05) is 32.2 Å². The molecule has 1 aromatic carbocycles. The first-order valence-corrected chi connectivity index (χ1v) is 9.07. The molecule has 1 saturated heterocycles. The van der Waals surface area contributed by atoms with Crippen molar-refractivity contribution in [3.8, 4) is 22.6 Å². The van der Waals surface area contributed by atoms with Gasteiger partial charge in [0.25, 0.3) is 5.56 Å². The molecule has 3 heterocycles. The van der Waals surface area contributed by atoms with Gasteiger partial charge in [-0.2, -0.15) is 4.98 Å². The summed E-state index contributed by atoms with van der Waals surface area (Å²) in [4.78, 5) is 26.9. The van der Waals surface area contributed by atoms with E-state index in [1.54, 1.807) is 20.4 Å². The number of aromatic nitrogens is 3. The highest BCUT2D eigenvalue weighted by Gasteiger charge is 2.17. The third-order valence-electron chi connectivity index (χ3n) is 4.95. The Hall–Kier alpha value is -3.09. The molecule has 4 rings (SSSR count). The minimum atomic E-state index is -0.182. The van der Waals surface area contributed by atoms with Gasteiger partial charge < -0.3 is 14.4 Å². The second-order valence-corrected chi connectivity index (χ2v) is 6.56. The number of H-pyrrole nitrogens is 1. The Morgan fingerprint density at radius 1 is 1.04 bits per heavy atom. The van der Waals surface area contributed by atoms with Gasteiger partial charge >= 0.3 is 0 Å². The molecule has 7 nitrogen and oxygen atoms in total. The number of benzene rings is 1. The van der Waals surface area contributed by atoms with E-state index in [-0.39, 0.29) is 5.56 Å². The molecule has 1 N–H and O–H groups in total. The Bertz CT molecular complexity index is 1030. The van der Waals surface area contributed by atoms with Crippen molar-refractivity contribution in [1.29, 1.82) is 0 Å². The minimum Gasteiger partial charge on any atom is -0.493 e. The lowest BCUT2D eigenvalue weighted by molar-refractivity contribution is 0.355. The van der Waals surface area contributed by atoms with Crippen LogP contribution in [0.1, 0.15) is 19.3 Å². The van der Waals surface area contributed by atoms with Crippen LogP contribution < -0.4 is 19.9 Å². The van der Waals surface area contributed by atoms with Crippen molar-refractivity contribution in [3.05, 3.63) is 40.8 Å². The fraction of sp³-hybridized carbons (Fsp3) is 0.350. The largest absolute Gasteiger partial charge is 0.493 e. The summed E-state index contributed by atoms with van der Waals surface area (Å²) in [7, 11) is 3.18. The van der Waals surface area contributed by atoms with Crippen LogP contribution in [0.2, 0.25) is 0 Å². The summed E-state index contributed by atoms with van der Waals surface area (Å²) in [6, 6.07) is 7.39. The zero-order chi connectivity index (χ0) is 18.8. The van der Waals surface area contributed by atoms with Crippen LogP contribution in [0.3, 0.4) is 0 Å². The van der Waals surface area contributed by atoms with Crippen LogP contribution in [0.4, 0.5) is 5.95 Å². The first-order chi connectivity index (χ1) is 13.2. The fourth-order valence-electron chi connectivity index (χ4n) is 3.55. The Kier molecular flexibility index (Phi) is 4.66. The third-order valence-corrected chi connectivity index (χ3v) is 4.95. The summed E-state index contributed by atoms with van der Waals surface area (Å²) in [5.41, 5.74) is 1.88. The lowest BCUT2D eigenvalue weighted by Gasteiger charge is -2.27. The number of methoxy groups -OCH3 is 2. The van der Waals surface area contributed by atoms with Crippen molar-refractivity contribution < 1.29 is 9.47 Å². The zero-order valence-corrected chi connectivity index (χ0v) is 15.5. The van der Waals surface area contributed by atoms with Gasteiger partial charge in [-0.05, 0) is 48.6 Å². The van der Waals surface area contributed by atoms with E-state index in [9.17, 15) is 4.79 Å². The summed E-state index contributed by atoms with van der Waals surface area (Å²) in [6.07, 6.45) is 5.12. The number of nitrogens with one attached hydrogen (secondary N) is 1. The van der Waals surface area contributed by atoms with Gasteiger partial charge in [-0.3, -0.25) is 9.78 Å². The Morgan fingerprint density at radius 3 is 2.56 bits per heavy atom. The predicted molar refractivity (Wildman–Crippen MR) is 105 cm³/mol. The average Bonchev–Trinajstić information content (AvgIpc) is 2.73. The summed E-state index contributed by atoms with van der Waals surface area (Å²) in [6.45, 7) is 1.81. The molecule has 7 heteroatoms. The monoisotopic (exact) mass is 366 g/mol. The summed E-state index contributed by atoms with van der Waals surface area (Å²) < 4.78 is 10.7. The van der Waals surface area contributed by atoms with Gasteiger partial charge in [-0.25, -0.2) is 4.98 Å². The second-order valence-electron chi connectivity index (χ2n) is 6.56. The molecule has 1 aliphatic rings. The van der Waals surface area contributed by atoms with Crippen LogP contribution >= 0.6 is 0 Å². The Labute approximate surface area is 157 Å². The van der Waals surface area contributed by atoms with Gasteiger partial charge in [-0.15, -0.1) is 0 Å². The van der Waals surface area contributed by atoms with Crippen LogP contribution in [0.15, 0.2) is 35.3 Å². The van der Waals surface area contributed by atoms with Gasteiger partial charge in [0.1, 0.15) is 0 Å².